The van der Waals surface area contributed by atoms with Crippen molar-refractivity contribution in [1.29, 1.82) is 0 Å². The predicted molar refractivity (Wildman–Crippen MR) is 259 cm³/mol. The van der Waals surface area contributed by atoms with Crippen LogP contribution in [0, 0.1) is 0 Å². The maximum atomic E-state index is 5.33. The Labute approximate surface area is 358 Å². The zero-order valence-electron chi connectivity index (χ0n) is 35.2. The van der Waals surface area contributed by atoms with Crippen molar-refractivity contribution >= 4 is 50.3 Å². The van der Waals surface area contributed by atoms with Gasteiger partial charge in [-0.05, 0) is 85.1 Å². The summed E-state index contributed by atoms with van der Waals surface area (Å²) in [6, 6.07) is 56.0. The first kappa shape index (κ1) is 39.0. The Balaban J connectivity index is 0.00000235. The lowest BCUT2D eigenvalue weighted by Crippen LogP contribution is -2.18. The van der Waals surface area contributed by atoms with Crippen molar-refractivity contribution in [2.45, 2.75) is 40.5 Å². The number of nitrogens with zero attached hydrogens (tertiary/aromatic N) is 5. The van der Waals surface area contributed by atoms with Gasteiger partial charge >= 0.3 is 0 Å². The lowest BCUT2D eigenvalue weighted by molar-refractivity contribution is 1.00. The molecule has 0 atom stereocenters. The normalized spacial score (nSPS) is 12.5. The quantitative estimate of drug-likeness (QED) is 0.137. The van der Waals surface area contributed by atoms with Gasteiger partial charge in [0.05, 0.1) is 16.6 Å². The molecule has 0 N–H and O–H groups in total. The summed E-state index contributed by atoms with van der Waals surface area (Å²) in [7, 11) is 0. The molecule has 0 saturated carbocycles. The minimum absolute atomic E-state index is 0.663. The fourth-order valence-electron chi connectivity index (χ4n) is 8.51. The van der Waals surface area contributed by atoms with Gasteiger partial charge in [-0.1, -0.05) is 154 Å². The number of aromatic nitrogens is 4. The highest BCUT2D eigenvalue weighted by molar-refractivity contribution is 6.10. The molecule has 3 aromatic heterocycles. The molecule has 0 fully saturated rings. The lowest BCUT2D eigenvalue weighted by Gasteiger charge is -2.26. The third-order valence-electron chi connectivity index (χ3n) is 11.2. The predicted octanol–water partition coefficient (Wildman–Crippen LogP) is 15.0. The van der Waals surface area contributed by atoms with E-state index in [0.29, 0.717) is 5.82 Å². The van der Waals surface area contributed by atoms with Gasteiger partial charge in [0.25, 0.3) is 0 Å². The van der Waals surface area contributed by atoms with Crippen molar-refractivity contribution in [2.24, 2.45) is 0 Å². The van der Waals surface area contributed by atoms with Crippen LogP contribution in [0.15, 0.2) is 200 Å². The maximum absolute atomic E-state index is 5.33. The van der Waals surface area contributed by atoms with Gasteiger partial charge in [-0.15, -0.1) is 0 Å². The largest absolute Gasteiger partial charge is 0.313 e. The average molecular weight is 792 g/mol. The molecule has 5 nitrogen and oxygen atoms in total. The van der Waals surface area contributed by atoms with Crippen LogP contribution in [0.25, 0.3) is 72.8 Å². The summed E-state index contributed by atoms with van der Waals surface area (Å²) >= 11 is 0. The van der Waals surface area contributed by atoms with Crippen LogP contribution in [0.3, 0.4) is 0 Å². The Kier molecular flexibility index (Phi) is 11.1. The fourth-order valence-corrected chi connectivity index (χ4v) is 8.51. The molecule has 0 radical (unpaired) electrons. The van der Waals surface area contributed by atoms with Crippen LogP contribution in [0.4, 0.5) is 11.5 Å². The molecule has 6 aromatic carbocycles. The fraction of sp³-hybridized carbons (Fsp3) is 0.107. The summed E-state index contributed by atoms with van der Waals surface area (Å²) in [6.45, 7) is 8.24. The third-order valence-corrected chi connectivity index (χ3v) is 11.2. The molecule has 10 rings (SSSR count). The summed E-state index contributed by atoms with van der Waals surface area (Å²) in [5, 5.41) is 3.59. The highest BCUT2D eigenvalue weighted by Crippen LogP contribution is 2.40. The van der Waals surface area contributed by atoms with Crippen LogP contribution in [0.5, 0.6) is 0 Å². The second-order valence-corrected chi connectivity index (χ2v) is 14.8. The van der Waals surface area contributed by atoms with E-state index >= 15 is 0 Å². The van der Waals surface area contributed by atoms with Crippen LogP contribution >= 0.6 is 0 Å². The Hall–Kier alpha value is -7.50. The van der Waals surface area contributed by atoms with E-state index in [1.807, 2.05) is 32.0 Å². The van der Waals surface area contributed by atoms with Crippen molar-refractivity contribution in [3.63, 3.8) is 0 Å². The van der Waals surface area contributed by atoms with Crippen LogP contribution in [-0.2, 0) is 6.42 Å². The Morgan fingerprint density at radius 1 is 0.623 bits per heavy atom. The Bertz CT molecular complexity index is 3110. The molecule has 1 aliphatic rings. The second kappa shape index (κ2) is 17.4. The average Bonchev–Trinajstić information content (AvgIpc) is 3.70. The number of rotatable bonds is 9. The summed E-state index contributed by atoms with van der Waals surface area (Å²) in [4.78, 5) is 12.8. The van der Waals surface area contributed by atoms with E-state index in [9.17, 15) is 0 Å². The van der Waals surface area contributed by atoms with E-state index in [2.05, 4.69) is 210 Å². The Morgan fingerprint density at radius 3 is 1.98 bits per heavy atom. The number of hydrogen-bond acceptors (Lipinski definition) is 3. The summed E-state index contributed by atoms with van der Waals surface area (Å²) in [5.41, 5.74) is 12.5. The van der Waals surface area contributed by atoms with Crippen LogP contribution < -0.4 is 4.90 Å². The zero-order valence-corrected chi connectivity index (χ0v) is 35.2. The van der Waals surface area contributed by atoms with Gasteiger partial charge in [-0.25, -0.2) is 9.97 Å². The lowest BCUT2D eigenvalue weighted by atomic mass is 10.00. The van der Waals surface area contributed by atoms with Gasteiger partial charge in [-0.2, -0.15) is 0 Å². The number of para-hydroxylation sites is 3. The van der Waals surface area contributed by atoms with Crippen molar-refractivity contribution in [3.8, 4) is 34.0 Å². The molecular weight excluding hydrogens is 743 g/mol. The first-order chi connectivity index (χ1) is 30.2. The van der Waals surface area contributed by atoms with Crippen LogP contribution in [0.1, 0.15) is 45.4 Å². The second-order valence-electron chi connectivity index (χ2n) is 14.8. The molecular formula is C56H49N5. The van der Waals surface area contributed by atoms with Crippen molar-refractivity contribution in [3.05, 3.63) is 211 Å². The van der Waals surface area contributed by atoms with E-state index < -0.39 is 0 Å². The molecule has 0 bridgehead atoms. The topological polar surface area (TPSA) is 38.9 Å². The number of benzene rings is 6. The number of allylic oxidation sites excluding steroid dienone is 6. The van der Waals surface area contributed by atoms with E-state index in [4.69, 9.17) is 9.97 Å². The minimum atomic E-state index is 0.663. The smallest absolute Gasteiger partial charge is 0.163 e. The first-order valence-electron chi connectivity index (χ1n) is 21.4. The van der Waals surface area contributed by atoms with Gasteiger partial charge < -0.3 is 4.57 Å². The molecule has 0 spiro atoms. The molecule has 0 saturated heterocycles. The van der Waals surface area contributed by atoms with E-state index in [0.717, 1.165) is 52.5 Å². The molecule has 0 unspecified atom stereocenters. The standard InChI is InChI=1S/C54H43N5.C2H6/c1-3-5-22-41(4-2)57(42-23-12-7-13-24-42)52-37-53(56-54(55-52)38-20-10-6-11-21-38)59-49-30-19-18-28-45(49)47-36-40(32-34-51(47)59)39-31-33-50-46(35-39)44-27-16-9-17-29-48(44)58(50)43-25-14-8-15-26-43;1-2/h4-28,30-37H,3,29H2,1-2H3;1-2H3/b22-5-,41-4+;. The molecule has 0 amide bonds. The highest BCUT2D eigenvalue weighted by Gasteiger charge is 2.22. The molecule has 9 aromatic rings. The summed E-state index contributed by atoms with van der Waals surface area (Å²) in [6.07, 6.45) is 17.1. The van der Waals surface area contributed by atoms with Crippen molar-refractivity contribution < 1.29 is 0 Å². The maximum Gasteiger partial charge on any atom is 0.163 e. The third kappa shape index (κ3) is 7.29. The molecule has 298 valence electrons. The Morgan fingerprint density at radius 2 is 1.26 bits per heavy atom. The molecule has 61 heavy (non-hydrogen) atoms. The molecule has 3 heterocycles. The minimum Gasteiger partial charge on any atom is -0.313 e. The van der Waals surface area contributed by atoms with E-state index in [1.54, 1.807) is 0 Å². The highest BCUT2D eigenvalue weighted by atomic mass is 15.2. The SMILES string of the molecule is C/C=C(\C=C/CC)N(c1ccccc1)c1cc(-n2c3ccccc3c3cc(-c4ccc5c(c4)c4c(n5-c5ccccc5)CC=CC=C4)ccc32)nc(-c2ccccc2)n1.CC. The van der Waals surface area contributed by atoms with Crippen molar-refractivity contribution in [2.75, 3.05) is 4.90 Å². The summed E-state index contributed by atoms with van der Waals surface area (Å²) in [5.74, 6) is 2.25. The van der Waals surface area contributed by atoms with Gasteiger partial charge in [-0.3, -0.25) is 9.47 Å². The van der Waals surface area contributed by atoms with Crippen LogP contribution in [0.2, 0.25) is 0 Å². The number of hydrogen-bond donors (Lipinski definition) is 0. The van der Waals surface area contributed by atoms with Gasteiger partial charge in [0.1, 0.15) is 11.6 Å². The number of fused-ring (bicyclic) bond motifs is 6. The van der Waals surface area contributed by atoms with Gasteiger partial charge in [0.15, 0.2) is 5.82 Å². The van der Waals surface area contributed by atoms with E-state index in [-0.39, 0.29) is 0 Å². The zero-order chi connectivity index (χ0) is 41.7. The van der Waals surface area contributed by atoms with E-state index in [1.165, 1.54) is 49.7 Å². The first-order valence-corrected chi connectivity index (χ1v) is 21.4. The monoisotopic (exact) mass is 791 g/mol. The van der Waals surface area contributed by atoms with Gasteiger partial charge in [0, 0.05) is 62.5 Å². The van der Waals surface area contributed by atoms with Gasteiger partial charge in [0.2, 0.25) is 0 Å². The molecule has 5 heteroatoms. The molecule has 1 aliphatic carbocycles. The van der Waals surface area contributed by atoms with Crippen molar-refractivity contribution in [1.82, 2.24) is 19.1 Å². The number of anilines is 2. The van der Waals surface area contributed by atoms with Crippen LogP contribution in [-0.4, -0.2) is 19.1 Å². The summed E-state index contributed by atoms with van der Waals surface area (Å²) < 4.78 is 4.72. The molecule has 0 aliphatic heterocycles.